The first kappa shape index (κ1) is 19.5. The maximum absolute atomic E-state index is 12.8. The fourth-order valence-corrected chi connectivity index (χ4v) is 4.98. The van der Waals surface area contributed by atoms with Gasteiger partial charge in [-0.05, 0) is 30.7 Å². The van der Waals surface area contributed by atoms with Crippen LogP contribution in [0, 0.1) is 5.41 Å². The maximum atomic E-state index is 12.8. The number of benzene rings is 1. The highest BCUT2D eigenvalue weighted by atomic mass is 19.4. The molecule has 4 heterocycles. The third kappa shape index (κ3) is 3.36. The van der Waals surface area contributed by atoms with E-state index in [2.05, 4.69) is 5.32 Å². The number of hydrogen-bond acceptors (Lipinski definition) is 4. The van der Waals surface area contributed by atoms with Crippen LogP contribution < -0.4 is 10.2 Å². The van der Waals surface area contributed by atoms with E-state index < -0.39 is 11.7 Å². The van der Waals surface area contributed by atoms with Gasteiger partial charge >= 0.3 is 12.2 Å². The zero-order valence-electron chi connectivity index (χ0n) is 16.3. The molecule has 4 fully saturated rings. The highest BCUT2D eigenvalue weighted by Crippen LogP contribution is 2.43. The predicted octanol–water partition coefficient (Wildman–Crippen LogP) is 1.54. The number of alkyl halides is 3. The molecule has 0 radical (unpaired) electrons. The second-order valence-corrected chi connectivity index (χ2v) is 8.80. The van der Waals surface area contributed by atoms with Gasteiger partial charge in [0.05, 0.1) is 17.7 Å². The summed E-state index contributed by atoms with van der Waals surface area (Å²) in [5.74, 6) is -0.147. The van der Waals surface area contributed by atoms with Crippen LogP contribution in [0.3, 0.4) is 0 Å². The summed E-state index contributed by atoms with van der Waals surface area (Å²) in [6, 6.07) is 5.04. The number of fused-ring (bicyclic) bond motifs is 1. The van der Waals surface area contributed by atoms with E-state index in [1.165, 1.54) is 12.1 Å². The van der Waals surface area contributed by atoms with Crippen LogP contribution in [0.2, 0.25) is 0 Å². The van der Waals surface area contributed by atoms with E-state index in [4.69, 9.17) is 4.74 Å². The van der Waals surface area contributed by atoms with Gasteiger partial charge in [-0.1, -0.05) is 0 Å². The Morgan fingerprint density at radius 2 is 1.80 bits per heavy atom. The van der Waals surface area contributed by atoms with Crippen LogP contribution in [0.25, 0.3) is 0 Å². The second kappa shape index (κ2) is 6.76. The Hall–Kier alpha value is -2.49. The van der Waals surface area contributed by atoms with Crippen LogP contribution in [-0.2, 0) is 15.7 Å². The molecule has 3 amide bonds. The van der Waals surface area contributed by atoms with Crippen molar-refractivity contribution in [3.63, 3.8) is 0 Å². The summed E-state index contributed by atoms with van der Waals surface area (Å²) in [4.78, 5) is 30.0. The van der Waals surface area contributed by atoms with Gasteiger partial charge in [-0.3, -0.25) is 4.79 Å². The Kier molecular flexibility index (Phi) is 4.39. The average molecular weight is 424 g/mol. The van der Waals surface area contributed by atoms with E-state index in [9.17, 15) is 22.8 Å². The van der Waals surface area contributed by atoms with Gasteiger partial charge in [0.1, 0.15) is 6.61 Å². The lowest BCUT2D eigenvalue weighted by Gasteiger charge is -2.61. The molecule has 30 heavy (non-hydrogen) atoms. The second-order valence-electron chi connectivity index (χ2n) is 8.80. The highest BCUT2D eigenvalue weighted by molar-refractivity contribution is 5.79. The third-order valence-electron chi connectivity index (χ3n) is 6.53. The Morgan fingerprint density at radius 1 is 1.10 bits per heavy atom. The van der Waals surface area contributed by atoms with E-state index in [0.29, 0.717) is 32.6 Å². The van der Waals surface area contributed by atoms with Crippen molar-refractivity contribution in [3.8, 4) is 0 Å². The zero-order valence-corrected chi connectivity index (χ0v) is 16.3. The van der Waals surface area contributed by atoms with Crippen molar-refractivity contribution in [1.29, 1.82) is 0 Å². The van der Waals surface area contributed by atoms with Crippen molar-refractivity contribution in [1.82, 2.24) is 15.1 Å². The quantitative estimate of drug-likeness (QED) is 0.743. The molecule has 1 N–H and O–H groups in total. The number of rotatable bonds is 1. The normalized spacial score (nSPS) is 27.8. The number of amides is 3. The summed E-state index contributed by atoms with van der Waals surface area (Å²) in [7, 11) is 0. The van der Waals surface area contributed by atoms with Crippen LogP contribution in [-0.4, -0.2) is 79.8 Å². The zero-order chi connectivity index (χ0) is 21.1. The molecule has 0 bridgehead atoms. The number of nitrogens with zero attached hydrogens (tertiary/aromatic N) is 3. The predicted molar refractivity (Wildman–Crippen MR) is 101 cm³/mol. The van der Waals surface area contributed by atoms with Crippen molar-refractivity contribution in [2.75, 3.05) is 50.8 Å². The van der Waals surface area contributed by atoms with Gasteiger partial charge in [0.2, 0.25) is 5.91 Å². The number of carbonyl (C=O) groups is 2. The molecule has 5 rings (SSSR count). The highest BCUT2D eigenvalue weighted by Gasteiger charge is 2.54. The summed E-state index contributed by atoms with van der Waals surface area (Å²) < 4.78 is 43.6. The van der Waals surface area contributed by atoms with E-state index in [1.54, 1.807) is 4.90 Å². The van der Waals surface area contributed by atoms with Gasteiger partial charge in [-0.2, -0.15) is 13.2 Å². The number of likely N-dealkylation sites (tertiary alicyclic amines) is 2. The Morgan fingerprint density at radius 3 is 2.47 bits per heavy atom. The fraction of sp³-hybridized carbons (Fsp3) is 0.600. The Balaban J connectivity index is 1.12. The largest absolute Gasteiger partial charge is 0.416 e. The molecule has 162 valence electrons. The summed E-state index contributed by atoms with van der Waals surface area (Å²) in [5, 5.41) is 2.90. The third-order valence-corrected chi connectivity index (χ3v) is 6.53. The topological polar surface area (TPSA) is 65.1 Å². The van der Waals surface area contributed by atoms with Gasteiger partial charge in [-0.15, -0.1) is 0 Å². The molecule has 10 heteroatoms. The number of ether oxygens (including phenoxy) is 1. The standard InChI is InChI=1S/C20H23F3N4O3/c21-20(22,23)13-1-3-14(4-2-13)26-9-19(10-26)11-27(12-19)18(29)25-6-5-16-15(7-25)24-17(28)8-30-16/h1-4,15-16H,5-12H2,(H,24,28)/t15-,16+/m1/s1. The van der Waals surface area contributed by atoms with Crippen LogP contribution in [0.15, 0.2) is 24.3 Å². The molecule has 4 aliphatic rings. The van der Waals surface area contributed by atoms with Gasteiger partial charge in [-0.25, -0.2) is 4.79 Å². The number of morpholine rings is 1. The first-order valence-corrected chi connectivity index (χ1v) is 10.1. The van der Waals surface area contributed by atoms with Crippen LogP contribution in [0.5, 0.6) is 0 Å². The van der Waals surface area contributed by atoms with Gasteiger partial charge in [0.25, 0.3) is 0 Å². The number of halogens is 3. The molecule has 7 nitrogen and oxygen atoms in total. The van der Waals surface area contributed by atoms with Crippen molar-refractivity contribution in [2.45, 2.75) is 24.7 Å². The summed E-state index contributed by atoms with van der Waals surface area (Å²) in [5.41, 5.74) is 0.150. The first-order chi connectivity index (χ1) is 14.2. The monoisotopic (exact) mass is 424 g/mol. The molecule has 1 aromatic rings. The molecule has 0 aromatic heterocycles. The fourth-order valence-electron chi connectivity index (χ4n) is 4.98. The number of carbonyl (C=O) groups excluding carboxylic acids is 2. The number of urea groups is 1. The number of piperidine rings is 1. The Bertz CT molecular complexity index is 846. The van der Waals surface area contributed by atoms with Crippen LogP contribution in [0.1, 0.15) is 12.0 Å². The molecule has 0 saturated carbocycles. The summed E-state index contributed by atoms with van der Waals surface area (Å²) in [6.07, 6.45) is -3.65. The van der Waals surface area contributed by atoms with Crippen molar-refractivity contribution in [3.05, 3.63) is 29.8 Å². The first-order valence-electron chi connectivity index (χ1n) is 10.1. The minimum absolute atomic E-state index is 0.0214. The lowest BCUT2D eigenvalue weighted by atomic mass is 9.72. The number of anilines is 1. The molecule has 4 saturated heterocycles. The van der Waals surface area contributed by atoms with Crippen molar-refractivity contribution >= 4 is 17.6 Å². The van der Waals surface area contributed by atoms with Gasteiger partial charge in [0, 0.05) is 50.4 Å². The molecule has 2 atom stereocenters. The van der Waals surface area contributed by atoms with E-state index in [1.807, 2.05) is 9.80 Å². The molecular weight excluding hydrogens is 401 g/mol. The average Bonchev–Trinajstić information content (AvgIpc) is 2.64. The molecule has 0 aliphatic carbocycles. The van der Waals surface area contributed by atoms with Crippen molar-refractivity contribution < 1.29 is 27.5 Å². The minimum atomic E-state index is -4.33. The SMILES string of the molecule is O=C1CO[C@H]2CCN(C(=O)N3CC4(C3)CN(c3ccc(C(F)(F)F)cc3)C4)C[C@H]2N1. The van der Waals surface area contributed by atoms with Gasteiger partial charge in [0.15, 0.2) is 0 Å². The van der Waals surface area contributed by atoms with Crippen LogP contribution in [0.4, 0.5) is 23.7 Å². The molecule has 1 spiro atoms. The smallest absolute Gasteiger partial charge is 0.370 e. The number of hydrogen-bond donors (Lipinski definition) is 1. The van der Waals surface area contributed by atoms with E-state index in [0.717, 1.165) is 30.9 Å². The van der Waals surface area contributed by atoms with E-state index >= 15 is 0 Å². The molecule has 0 unspecified atom stereocenters. The van der Waals surface area contributed by atoms with E-state index in [-0.39, 0.29) is 36.1 Å². The Labute approximate surface area is 171 Å². The maximum Gasteiger partial charge on any atom is 0.416 e. The lowest BCUT2D eigenvalue weighted by molar-refractivity contribution is -0.140. The van der Waals surface area contributed by atoms with Crippen molar-refractivity contribution in [2.24, 2.45) is 5.41 Å². The number of nitrogens with one attached hydrogen (secondary N) is 1. The van der Waals surface area contributed by atoms with Gasteiger partial charge < -0.3 is 24.8 Å². The lowest BCUT2D eigenvalue weighted by Crippen LogP contribution is -2.74. The molecular formula is C20H23F3N4O3. The van der Waals surface area contributed by atoms with Crippen LogP contribution >= 0.6 is 0 Å². The summed E-state index contributed by atoms with van der Waals surface area (Å²) in [6.45, 7) is 3.91. The molecule has 1 aromatic carbocycles. The minimum Gasteiger partial charge on any atom is -0.370 e. The summed E-state index contributed by atoms with van der Waals surface area (Å²) >= 11 is 0. The molecule has 4 aliphatic heterocycles.